The molecule has 0 radical (unpaired) electrons. The van der Waals surface area contributed by atoms with E-state index in [1.807, 2.05) is 0 Å². The van der Waals surface area contributed by atoms with Crippen LogP contribution in [0.2, 0.25) is 0 Å². The average Bonchev–Trinajstić information content (AvgIpc) is 2.67. The van der Waals surface area contributed by atoms with Gasteiger partial charge in [0.2, 0.25) is 0 Å². The van der Waals surface area contributed by atoms with Crippen molar-refractivity contribution in [2.45, 2.75) is 0 Å². The molecule has 0 bridgehead atoms. The minimum atomic E-state index is -1.00. The summed E-state index contributed by atoms with van der Waals surface area (Å²) in [5.41, 5.74) is 7.56. The van der Waals surface area contributed by atoms with Gasteiger partial charge in [-0.1, -0.05) is 12.1 Å². The predicted octanol–water partition coefficient (Wildman–Crippen LogP) is 1.36. The highest BCUT2D eigenvalue weighted by Gasteiger charge is 2.13. The molecule has 1 aromatic heterocycles. The standard InChI is InChI=1S/C10H9N3O2/c11-7-3-1-6(2-4-7)9-8(10(14)15)5-12-13-9/h1-5H,11H2,(H,12,13)(H,14,15). The van der Waals surface area contributed by atoms with E-state index in [2.05, 4.69) is 10.2 Å². The van der Waals surface area contributed by atoms with E-state index in [4.69, 9.17) is 10.8 Å². The number of hydrogen-bond acceptors (Lipinski definition) is 3. The van der Waals surface area contributed by atoms with Crippen molar-refractivity contribution in [1.29, 1.82) is 0 Å². The molecule has 0 aliphatic rings. The third-order valence-electron chi connectivity index (χ3n) is 2.07. The molecule has 15 heavy (non-hydrogen) atoms. The smallest absolute Gasteiger partial charge is 0.339 e. The normalized spacial score (nSPS) is 10.1. The minimum Gasteiger partial charge on any atom is -0.478 e. The van der Waals surface area contributed by atoms with Crippen LogP contribution in [-0.2, 0) is 0 Å². The fourth-order valence-corrected chi connectivity index (χ4v) is 1.32. The summed E-state index contributed by atoms with van der Waals surface area (Å²) in [5.74, 6) is -1.00. The molecule has 4 N–H and O–H groups in total. The molecule has 0 unspecified atom stereocenters. The largest absolute Gasteiger partial charge is 0.478 e. The van der Waals surface area contributed by atoms with Crippen LogP contribution in [0.5, 0.6) is 0 Å². The molecule has 5 nitrogen and oxygen atoms in total. The monoisotopic (exact) mass is 203 g/mol. The van der Waals surface area contributed by atoms with Gasteiger partial charge in [0.1, 0.15) is 5.56 Å². The van der Waals surface area contributed by atoms with E-state index in [-0.39, 0.29) is 5.56 Å². The lowest BCUT2D eigenvalue weighted by atomic mass is 10.1. The maximum atomic E-state index is 10.8. The Bertz CT molecular complexity index is 488. The Morgan fingerprint density at radius 3 is 2.60 bits per heavy atom. The van der Waals surface area contributed by atoms with E-state index >= 15 is 0 Å². The number of benzene rings is 1. The highest BCUT2D eigenvalue weighted by atomic mass is 16.4. The summed E-state index contributed by atoms with van der Waals surface area (Å²) in [6, 6.07) is 6.91. The number of nitrogens with one attached hydrogen (secondary N) is 1. The Morgan fingerprint density at radius 2 is 2.00 bits per heavy atom. The number of aromatic carboxylic acids is 1. The van der Waals surface area contributed by atoms with Crippen molar-refractivity contribution in [3.63, 3.8) is 0 Å². The van der Waals surface area contributed by atoms with Gasteiger partial charge < -0.3 is 10.8 Å². The van der Waals surface area contributed by atoms with Crippen LogP contribution in [0, 0.1) is 0 Å². The molecule has 2 aromatic rings. The van der Waals surface area contributed by atoms with E-state index in [9.17, 15) is 4.79 Å². The van der Waals surface area contributed by atoms with Gasteiger partial charge in [0.15, 0.2) is 0 Å². The van der Waals surface area contributed by atoms with E-state index in [0.717, 1.165) is 5.56 Å². The first-order valence-electron chi connectivity index (χ1n) is 4.31. The molecule has 5 heteroatoms. The first-order chi connectivity index (χ1) is 7.18. The number of anilines is 1. The van der Waals surface area contributed by atoms with E-state index in [0.29, 0.717) is 11.4 Å². The van der Waals surface area contributed by atoms with Gasteiger partial charge >= 0.3 is 5.97 Å². The van der Waals surface area contributed by atoms with Crippen LogP contribution in [0.15, 0.2) is 30.5 Å². The summed E-state index contributed by atoms with van der Waals surface area (Å²) in [4.78, 5) is 10.8. The number of rotatable bonds is 2. The van der Waals surface area contributed by atoms with Crippen LogP contribution in [0.4, 0.5) is 5.69 Å². The lowest BCUT2D eigenvalue weighted by Crippen LogP contribution is -1.96. The molecular formula is C10H9N3O2. The number of aromatic nitrogens is 2. The van der Waals surface area contributed by atoms with Crippen LogP contribution < -0.4 is 5.73 Å². The summed E-state index contributed by atoms with van der Waals surface area (Å²) in [5, 5.41) is 15.2. The van der Waals surface area contributed by atoms with E-state index < -0.39 is 5.97 Å². The Labute approximate surface area is 85.5 Å². The molecule has 1 heterocycles. The second-order valence-electron chi connectivity index (χ2n) is 3.09. The van der Waals surface area contributed by atoms with Crippen molar-refractivity contribution >= 4 is 11.7 Å². The fraction of sp³-hybridized carbons (Fsp3) is 0. The number of aromatic amines is 1. The van der Waals surface area contributed by atoms with Crippen LogP contribution in [0.25, 0.3) is 11.3 Å². The zero-order valence-corrected chi connectivity index (χ0v) is 7.77. The van der Waals surface area contributed by atoms with E-state index in [1.54, 1.807) is 24.3 Å². The lowest BCUT2D eigenvalue weighted by molar-refractivity contribution is 0.0698. The molecule has 0 spiro atoms. The second-order valence-corrected chi connectivity index (χ2v) is 3.09. The number of carbonyl (C=O) groups is 1. The van der Waals surface area contributed by atoms with Gasteiger partial charge in [0.25, 0.3) is 0 Å². The molecule has 0 amide bonds. The molecule has 0 aliphatic carbocycles. The lowest BCUT2D eigenvalue weighted by Gasteiger charge is -2.00. The van der Waals surface area contributed by atoms with Crippen molar-refractivity contribution in [2.24, 2.45) is 0 Å². The Morgan fingerprint density at radius 1 is 1.33 bits per heavy atom. The molecule has 0 saturated heterocycles. The Hall–Kier alpha value is -2.30. The molecule has 0 saturated carbocycles. The van der Waals surface area contributed by atoms with Crippen molar-refractivity contribution in [2.75, 3.05) is 5.73 Å². The Kier molecular flexibility index (Phi) is 2.13. The molecule has 76 valence electrons. The average molecular weight is 203 g/mol. The van der Waals surface area contributed by atoms with E-state index in [1.165, 1.54) is 6.20 Å². The van der Waals surface area contributed by atoms with Gasteiger partial charge in [-0.2, -0.15) is 5.10 Å². The number of carboxylic acids is 1. The maximum Gasteiger partial charge on any atom is 0.339 e. The van der Waals surface area contributed by atoms with Crippen molar-refractivity contribution in [3.05, 3.63) is 36.0 Å². The van der Waals surface area contributed by atoms with Gasteiger partial charge in [-0.05, 0) is 12.1 Å². The third kappa shape index (κ3) is 1.67. The zero-order chi connectivity index (χ0) is 10.8. The molecule has 1 aromatic carbocycles. The fourth-order valence-electron chi connectivity index (χ4n) is 1.32. The van der Waals surface area contributed by atoms with Gasteiger partial charge in [0, 0.05) is 11.3 Å². The first-order valence-corrected chi connectivity index (χ1v) is 4.31. The van der Waals surface area contributed by atoms with Crippen molar-refractivity contribution in [1.82, 2.24) is 10.2 Å². The maximum absolute atomic E-state index is 10.8. The second kappa shape index (κ2) is 3.45. The molecule has 0 atom stereocenters. The number of nitrogen functional groups attached to an aromatic ring is 1. The van der Waals surface area contributed by atoms with Crippen LogP contribution in [0.3, 0.4) is 0 Å². The Balaban J connectivity index is 2.49. The van der Waals surface area contributed by atoms with Crippen molar-refractivity contribution in [3.8, 4) is 11.3 Å². The predicted molar refractivity (Wildman–Crippen MR) is 55.4 cm³/mol. The number of hydrogen-bond donors (Lipinski definition) is 3. The van der Waals surface area contributed by atoms with Crippen molar-refractivity contribution < 1.29 is 9.90 Å². The summed E-state index contributed by atoms with van der Waals surface area (Å²) < 4.78 is 0. The number of nitrogens with zero attached hydrogens (tertiary/aromatic N) is 1. The van der Waals surface area contributed by atoms with Crippen LogP contribution in [-0.4, -0.2) is 21.3 Å². The summed E-state index contributed by atoms with van der Waals surface area (Å²) >= 11 is 0. The summed E-state index contributed by atoms with van der Waals surface area (Å²) in [6.45, 7) is 0. The zero-order valence-electron chi connectivity index (χ0n) is 7.77. The van der Waals surface area contributed by atoms with Gasteiger partial charge in [-0.25, -0.2) is 4.79 Å². The summed E-state index contributed by atoms with van der Waals surface area (Å²) in [7, 11) is 0. The molecule has 0 fully saturated rings. The molecular weight excluding hydrogens is 194 g/mol. The summed E-state index contributed by atoms with van der Waals surface area (Å²) in [6.07, 6.45) is 1.29. The van der Waals surface area contributed by atoms with Crippen LogP contribution >= 0.6 is 0 Å². The number of nitrogens with two attached hydrogens (primary N) is 1. The topological polar surface area (TPSA) is 92.0 Å². The van der Waals surface area contributed by atoms with Crippen LogP contribution in [0.1, 0.15) is 10.4 Å². The quantitative estimate of drug-likeness (QED) is 0.642. The van der Waals surface area contributed by atoms with Gasteiger partial charge in [-0.15, -0.1) is 0 Å². The van der Waals surface area contributed by atoms with Gasteiger partial charge in [0.05, 0.1) is 11.9 Å². The van der Waals surface area contributed by atoms with Gasteiger partial charge in [-0.3, -0.25) is 5.10 Å². The highest BCUT2D eigenvalue weighted by molar-refractivity contribution is 5.94. The third-order valence-corrected chi connectivity index (χ3v) is 2.07. The minimum absolute atomic E-state index is 0.153. The number of carboxylic acid groups (broad SMARTS) is 1. The molecule has 0 aliphatic heterocycles. The number of H-pyrrole nitrogens is 1. The highest BCUT2D eigenvalue weighted by Crippen LogP contribution is 2.21. The SMILES string of the molecule is Nc1ccc(-c2[nH]ncc2C(=O)O)cc1. The first kappa shape index (κ1) is 9.26. The molecule has 2 rings (SSSR count).